The first kappa shape index (κ1) is 14.5. The lowest BCUT2D eigenvalue weighted by Gasteiger charge is -2.16. The minimum atomic E-state index is -0.796. The van der Waals surface area contributed by atoms with Gasteiger partial charge in [0.15, 0.2) is 11.9 Å². The molecule has 0 aliphatic carbocycles. The number of ether oxygens (including phenoxy) is 3. The molecule has 0 radical (unpaired) electrons. The van der Waals surface area contributed by atoms with Crippen molar-refractivity contribution in [3.63, 3.8) is 0 Å². The van der Waals surface area contributed by atoms with Crippen LogP contribution in [0.2, 0.25) is 0 Å². The lowest BCUT2D eigenvalue weighted by molar-refractivity contribution is -0.170. The van der Waals surface area contributed by atoms with Crippen LogP contribution in [0, 0.1) is 0 Å². The van der Waals surface area contributed by atoms with Crippen LogP contribution in [-0.4, -0.2) is 24.5 Å². The highest BCUT2D eigenvalue weighted by molar-refractivity contribution is 9.10. The van der Waals surface area contributed by atoms with Gasteiger partial charge in [0.25, 0.3) is 0 Å². The van der Waals surface area contributed by atoms with E-state index in [9.17, 15) is 4.79 Å². The summed E-state index contributed by atoms with van der Waals surface area (Å²) < 4.78 is 17.5. The fraction of sp³-hybridized carbons (Fsp3) is 0.500. The van der Waals surface area contributed by atoms with E-state index in [4.69, 9.17) is 14.2 Å². The third-order valence-corrected chi connectivity index (χ3v) is 3.34. The minimum Gasteiger partial charge on any atom is -0.464 e. The molecule has 0 aromatic heterocycles. The molecular formula is C14H17BrO4. The molecule has 1 heterocycles. The Morgan fingerprint density at radius 3 is 2.53 bits per heavy atom. The van der Waals surface area contributed by atoms with Crippen molar-refractivity contribution < 1.29 is 19.0 Å². The zero-order chi connectivity index (χ0) is 14.0. The SMILES string of the molecule is CCOC(=O)[C@H]1OC(C)(C)O[C@@H]1c1ccc(Br)cc1. The molecule has 0 bridgehead atoms. The number of esters is 1. The molecule has 2 rings (SSSR count). The predicted octanol–water partition coefficient (Wildman–Crippen LogP) is 3.20. The van der Waals surface area contributed by atoms with E-state index in [0.29, 0.717) is 6.61 Å². The average molecular weight is 329 g/mol. The molecule has 1 saturated heterocycles. The van der Waals surface area contributed by atoms with Gasteiger partial charge in [-0.3, -0.25) is 0 Å². The number of hydrogen-bond donors (Lipinski definition) is 0. The Labute approximate surface area is 121 Å². The first-order valence-corrected chi connectivity index (χ1v) is 7.00. The van der Waals surface area contributed by atoms with Crippen LogP contribution in [0.3, 0.4) is 0 Å². The molecule has 0 saturated carbocycles. The van der Waals surface area contributed by atoms with Crippen LogP contribution in [-0.2, 0) is 19.0 Å². The summed E-state index contributed by atoms with van der Waals surface area (Å²) >= 11 is 3.38. The van der Waals surface area contributed by atoms with Gasteiger partial charge in [-0.15, -0.1) is 0 Å². The van der Waals surface area contributed by atoms with Crippen molar-refractivity contribution in [1.82, 2.24) is 0 Å². The maximum absolute atomic E-state index is 11.9. The summed E-state index contributed by atoms with van der Waals surface area (Å²) in [6.07, 6.45) is -1.17. The molecule has 104 valence electrons. The van der Waals surface area contributed by atoms with Crippen molar-refractivity contribution in [2.45, 2.75) is 38.8 Å². The van der Waals surface area contributed by atoms with E-state index in [1.807, 2.05) is 24.3 Å². The van der Waals surface area contributed by atoms with E-state index >= 15 is 0 Å². The number of carbonyl (C=O) groups is 1. The van der Waals surface area contributed by atoms with Crippen LogP contribution >= 0.6 is 15.9 Å². The van der Waals surface area contributed by atoms with Crippen LogP contribution in [0.15, 0.2) is 28.7 Å². The predicted molar refractivity (Wildman–Crippen MR) is 73.6 cm³/mol. The van der Waals surface area contributed by atoms with Crippen molar-refractivity contribution in [2.75, 3.05) is 6.61 Å². The zero-order valence-electron chi connectivity index (χ0n) is 11.2. The van der Waals surface area contributed by atoms with Gasteiger partial charge in [-0.2, -0.15) is 0 Å². The molecule has 1 aliphatic heterocycles. The molecule has 1 aromatic carbocycles. The van der Waals surface area contributed by atoms with Crippen molar-refractivity contribution >= 4 is 21.9 Å². The molecule has 4 nitrogen and oxygen atoms in total. The molecule has 5 heteroatoms. The standard InChI is InChI=1S/C14H17BrO4/c1-4-17-13(16)12-11(18-14(2,3)19-12)9-5-7-10(15)8-6-9/h5-8,11-12H,4H2,1-3H3/t11-,12+/m1/s1. The maximum Gasteiger partial charge on any atom is 0.338 e. The summed E-state index contributed by atoms with van der Waals surface area (Å²) in [4.78, 5) is 11.9. The Morgan fingerprint density at radius 2 is 1.95 bits per heavy atom. The fourth-order valence-electron chi connectivity index (χ4n) is 2.05. The van der Waals surface area contributed by atoms with Gasteiger partial charge in [0.1, 0.15) is 6.10 Å². The smallest absolute Gasteiger partial charge is 0.338 e. The van der Waals surface area contributed by atoms with E-state index in [1.54, 1.807) is 20.8 Å². The van der Waals surface area contributed by atoms with Crippen molar-refractivity contribution in [2.24, 2.45) is 0 Å². The molecule has 0 unspecified atom stereocenters. The van der Waals surface area contributed by atoms with Gasteiger partial charge in [-0.1, -0.05) is 28.1 Å². The molecule has 1 fully saturated rings. The van der Waals surface area contributed by atoms with Gasteiger partial charge in [-0.25, -0.2) is 4.79 Å². The third-order valence-electron chi connectivity index (χ3n) is 2.81. The van der Waals surface area contributed by atoms with Crippen LogP contribution < -0.4 is 0 Å². The van der Waals surface area contributed by atoms with Gasteiger partial charge < -0.3 is 14.2 Å². The Morgan fingerprint density at radius 1 is 1.32 bits per heavy atom. The van der Waals surface area contributed by atoms with Crippen molar-refractivity contribution in [3.8, 4) is 0 Å². The van der Waals surface area contributed by atoms with Crippen LogP contribution in [0.5, 0.6) is 0 Å². The first-order valence-electron chi connectivity index (χ1n) is 6.20. The fourth-order valence-corrected chi connectivity index (χ4v) is 2.32. The molecular weight excluding hydrogens is 312 g/mol. The monoisotopic (exact) mass is 328 g/mol. The highest BCUT2D eigenvalue weighted by Gasteiger charge is 2.46. The summed E-state index contributed by atoms with van der Waals surface area (Å²) in [5.74, 6) is -1.18. The van der Waals surface area contributed by atoms with E-state index in [1.165, 1.54) is 0 Å². The largest absolute Gasteiger partial charge is 0.464 e. The molecule has 19 heavy (non-hydrogen) atoms. The van der Waals surface area contributed by atoms with Gasteiger partial charge in [-0.05, 0) is 38.5 Å². The van der Waals surface area contributed by atoms with E-state index in [2.05, 4.69) is 15.9 Å². The average Bonchev–Trinajstić information content (AvgIpc) is 2.67. The number of carbonyl (C=O) groups excluding carboxylic acids is 1. The van der Waals surface area contributed by atoms with Gasteiger partial charge >= 0.3 is 5.97 Å². The van der Waals surface area contributed by atoms with Gasteiger partial charge in [0, 0.05) is 4.47 Å². The maximum atomic E-state index is 11.9. The molecule has 0 spiro atoms. The second kappa shape index (κ2) is 5.61. The molecule has 1 aliphatic rings. The zero-order valence-corrected chi connectivity index (χ0v) is 12.8. The Bertz CT molecular complexity index is 455. The quantitative estimate of drug-likeness (QED) is 0.799. The van der Waals surface area contributed by atoms with Gasteiger partial charge in [0.2, 0.25) is 0 Å². The highest BCUT2D eigenvalue weighted by atomic mass is 79.9. The van der Waals surface area contributed by atoms with Crippen LogP contribution in [0.25, 0.3) is 0 Å². The second-order valence-corrected chi connectivity index (χ2v) is 5.70. The summed E-state index contributed by atoms with van der Waals surface area (Å²) in [5, 5.41) is 0. The first-order chi connectivity index (χ1) is 8.93. The normalized spacial score (nSPS) is 25.3. The number of hydrogen-bond acceptors (Lipinski definition) is 4. The van der Waals surface area contributed by atoms with Crippen LogP contribution in [0.1, 0.15) is 32.4 Å². The highest BCUT2D eigenvalue weighted by Crippen LogP contribution is 2.39. The number of benzene rings is 1. The summed E-state index contributed by atoms with van der Waals surface area (Å²) in [7, 11) is 0. The lowest BCUT2D eigenvalue weighted by Crippen LogP contribution is -2.29. The Hall–Kier alpha value is -0.910. The van der Waals surface area contributed by atoms with E-state index in [-0.39, 0.29) is 5.97 Å². The van der Waals surface area contributed by atoms with E-state index < -0.39 is 18.0 Å². The molecule has 1 aromatic rings. The lowest BCUT2D eigenvalue weighted by atomic mass is 10.0. The Balaban J connectivity index is 2.25. The summed E-state index contributed by atoms with van der Waals surface area (Å²) in [6.45, 7) is 5.68. The molecule has 2 atom stereocenters. The van der Waals surface area contributed by atoms with Crippen molar-refractivity contribution in [1.29, 1.82) is 0 Å². The Kier molecular flexibility index (Phi) is 4.28. The van der Waals surface area contributed by atoms with Crippen LogP contribution in [0.4, 0.5) is 0 Å². The van der Waals surface area contributed by atoms with Crippen molar-refractivity contribution in [3.05, 3.63) is 34.3 Å². The number of halogens is 1. The summed E-state index contributed by atoms with van der Waals surface area (Å²) in [5.41, 5.74) is 0.895. The van der Waals surface area contributed by atoms with E-state index in [0.717, 1.165) is 10.0 Å². The molecule has 0 N–H and O–H groups in total. The summed E-state index contributed by atoms with van der Waals surface area (Å²) in [6, 6.07) is 7.63. The minimum absolute atomic E-state index is 0.326. The third kappa shape index (κ3) is 3.35. The molecule has 0 amide bonds. The second-order valence-electron chi connectivity index (χ2n) is 4.78. The number of rotatable bonds is 3. The van der Waals surface area contributed by atoms with Gasteiger partial charge in [0.05, 0.1) is 6.61 Å². The topological polar surface area (TPSA) is 44.8 Å².